The molecule has 0 radical (unpaired) electrons. The number of rotatable bonds is 2. The van der Waals surface area contributed by atoms with E-state index in [1.807, 2.05) is 23.9 Å². The second-order valence-electron chi connectivity index (χ2n) is 5.70. The third-order valence-electron chi connectivity index (χ3n) is 4.29. The normalized spacial score (nSPS) is 25.0. The van der Waals surface area contributed by atoms with E-state index in [1.54, 1.807) is 0 Å². The fourth-order valence-electron chi connectivity index (χ4n) is 3.10. The van der Waals surface area contributed by atoms with Crippen LogP contribution in [0.2, 0.25) is 10.0 Å². The van der Waals surface area contributed by atoms with Crippen LogP contribution in [0.15, 0.2) is 16.6 Å². The molecule has 0 amide bonds. The Bertz CT molecular complexity index is 517. The van der Waals surface area contributed by atoms with Crippen LogP contribution in [0.5, 0.6) is 0 Å². The fourth-order valence-corrected chi connectivity index (χ4v) is 5.17. The number of nitrogens with one attached hydrogen (secondary N) is 1. The average molecular weight is 411 g/mol. The highest BCUT2D eigenvalue weighted by molar-refractivity contribution is 9.10. The van der Waals surface area contributed by atoms with E-state index in [0.717, 1.165) is 42.5 Å². The van der Waals surface area contributed by atoms with Crippen molar-refractivity contribution in [2.24, 2.45) is 0 Å². The molecule has 21 heavy (non-hydrogen) atoms. The van der Waals surface area contributed by atoms with Crippen molar-refractivity contribution in [3.05, 3.63) is 26.7 Å². The quantitative estimate of drug-likeness (QED) is 0.640. The second kappa shape index (κ2) is 6.88. The predicted octanol–water partition coefficient (Wildman–Crippen LogP) is 5.61. The highest BCUT2D eigenvalue weighted by Crippen LogP contribution is 2.40. The van der Waals surface area contributed by atoms with Crippen molar-refractivity contribution in [2.45, 2.75) is 37.3 Å². The molecule has 0 aliphatic carbocycles. The highest BCUT2D eigenvalue weighted by atomic mass is 79.9. The van der Waals surface area contributed by atoms with Gasteiger partial charge in [-0.05, 0) is 65.3 Å². The maximum atomic E-state index is 6.34. The van der Waals surface area contributed by atoms with Crippen LogP contribution in [0.25, 0.3) is 0 Å². The van der Waals surface area contributed by atoms with Gasteiger partial charge in [0.2, 0.25) is 0 Å². The summed E-state index contributed by atoms with van der Waals surface area (Å²) < 4.78 is 6.95. The van der Waals surface area contributed by atoms with Crippen LogP contribution in [-0.2, 0) is 4.74 Å². The summed E-state index contributed by atoms with van der Waals surface area (Å²) in [6, 6.07) is 4.32. The van der Waals surface area contributed by atoms with Gasteiger partial charge >= 0.3 is 0 Å². The molecule has 1 aromatic carbocycles. The monoisotopic (exact) mass is 409 g/mol. The summed E-state index contributed by atoms with van der Waals surface area (Å²) in [4.78, 5) is 0. The van der Waals surface area contributed by atoms with Crippen LogP contribution >= 0.6 is 50.9 Å². The number of ether oxygens (including phenoxy) is 1. The van der Waals surface area contributed by atoms with Crippen LogP contribution in [-0.4, -0.2) is 29.8 Å². The summed E-state index contributed by atoms with van der Waals surface area (Å²) in [6.07, 6.45) is 4.38. The molecular weight excluding hydrogens is 393 g/mol. The Hall–Kier alpha value is 0.390. The molecule has 1 aromatic rings. The lowest BCUT2D eigenvalue weighted by Crippen LogP contribution is -2.46. The molecule has 1 unspecified atom stereocenters. The first-order valence-corrected chi connectivity index (χ1v) is 9.92. The van der Waals surface area contributed by atoms with E-state index in [-0.39, 0.29) is 5.60 Å². The van der Waals surface area contributed by atoms with Gasteiger partial charge in [0.1, 0.15) is 0 Å². The average Bonchev–Trinajstić information content (AvgIpc) is 2.49. The lowest BCUT2D eigenvalue weighted by atomic mass is 9.85. The lowest BCUT2D eigenvalue weighted by Gasteiger charge is -2.43. The summed E-state index contributed by atoms with van der Waals surface area (Å²) in [5.74, 6) is 2.41. The SMILES string of the molecule is Clc1c(Br)ccc(NC2CCOC3(CCSCC3)C2)c1Cl. The maximum Gasteiger partial charge on any atom is 0.0835 e. The molecule has 2 nitrogen and oxygen atoms in total. The first-order chi connectivity index (χ1) is 10.1. The Balaban J connectivity index is 1.71. The Morgan fingerprint density at radius 2 is 2.00 bits per heavy atom. The molecule has 2 aliphatic heterocycles. The van der Waals surface area contributed by atoms with Gasteiger partial charge in [-0.15, -0.1) is 0 Å². The third-order valence-corrected chi connectivity index (χ3v) is 7.05. The minimum absolute atomic E-state index is 0.0762. The van der Waals surface area contributed by atoms with Gasteiger partial charge in [0.15, 0.2) is 0 Å². The van der Waals surface area contributed by atoms with E-state index in [4.69, 9.17) is 27.9 Å². The summed E-state index contributed by atoms with van der Waals surface area (Å²) in [6.45, 7) is 0.824. The molecule has 3 rings (SSSR count). The summed E-state index contributed by atoms with van der Waals surface area (Å²) in [5, 5.41) is 4.72. The molecule has 2 heterocycles. The van der Waals surface area contributed by atoms with Crippen molar-refractivity contribution in [2.75, 3.05) is 23.4 Å². The topological polar surface area (TPSA) is 21.3 Å². The largest absolute Gasteiger partial charge is 0.381 e. The standard InChI is InChI=1S/C15H18BrCl2NOS/c16-11-1-2-12(14(18)13(11)17)19-10-3-6-20-15(9-10)4-7-21-8-5-15/h1-2,10,19H,3-9H2. The van der Waals surface area contributed by atoms with Crippen molar-refractivity contribution in [3.63, 3.8) is 0 Å². The van der Waals surface area contributed by atoms with Crippen LogP contribution in [0.3, 0.4) is 0 Å². The van der Waals surface area contributed by atoms with E-state index < -0.39 is 0 Å². The smallest absolute Gasteiger partial charge is 0.0835 e. The Morgan fingerprint density at radius 3 is 2.76 bits per heavy atom. The molecule has 6 heteroatoms. The van der Waals surface area contributed by atoms with Gasteiger partial charge in [-0.3, -0.25) is 0 Å². The van der Waals surface area contributed by atoms with Gasteiger partial charge in [0, 0.05) is 17.1 Å². The van der Waals surface area contributed by atoms with Crippen molar-refractivity contribution in [1.82, 2.24) is 0 Å². The van der Waals surface area contributed by atoms with E-state index in [1.165, 1.54) is 11.5 Å². The van der Waals surface area contributed by atoms with Crippen LogP contribution in [0, 0.1) is 0 Å². The van der Waals surface area contributed by atoms with E-state index >= 15 is 0 Å². The number of benzene rings is 1. The molecule has 116 valence electrons. The molecule has 1 spiro atoms. The second-order valence-corrected chi connectivity index (χ2v) is 8.54. The van der Waals surface area contributed by atoms with Crippen LogP contribution in [0.1, 0.15) is 25.7 Å². The Kier molecular flexibility index (Phi) is 5.32. The zero-order chi connectivity index (χ0) is 14.9. The van der Waals surface area contributed by atoms with Crippen molar-refractivity contribution in [1.29, 1.82) is 0 Å². The molecule has 0 saturated carbocycles. The molecule has 2 aliphatic rings. The molecular formula is C15H18BrCl2NOS. The first kappa shape index (κ1) is 16.3. The Labute approximate surface area is 148 Å². The molecule has 0 aromatic heterocycles. The van der Waals surface area contributed by atoms with Crippen molar-refractivity contribution >= 4 is 56.6 Å². The maximum absolute atomic E-state index is 6.34. The van der Waals surface area contributed by atoms with Crippen LogP contribution < -0.4 is 5.32 Å². The van der Waals surface area contributed by atoms with E-state index in [2.05, 4.69) is 21.2 Å². The van der Waals surface area contributed by atoms with Crippen molar-refractivity contribution < 1.29 is 4.74 Å². The molecule has 0 bridgehead atoms. The molecule has 1 N–H and O–H groups in total. The summed E-state index contributed by atoms with van der Waals surface area (Å²) in [5.41, 5.74) is 0.990. The molecule has 2 fully saturated rings. The van der Waals surface area contributed by atoms with Gasteiger partial charge in [0.05, 0.1) is 21.3 Å². The number of anilines is 1. The van der Waals surface area contributed by atoms with Gasteiger partial charge in [0.25, 0.3) is 0 Å². The van der Waals surface area contributed by atoms with E-state index in [0.29, 0.717) is 16.1 Å². The third kappa shape index (κ3) is 3.66. The summed E-state index contributed by atoms with van der Waals surface area (Å²) >= 11 is 18.0. The molecule has 1 atom stereocenters. The van der Waals surface area contributed by atoms with Crippen LogP contribution in [0.4, 0.5) is 5.69 Å². The molecule has 2 saturated heterocycles. The highest BCUT2D eigenvalue weighted by Gasteiger charge is 2.38. The number of thioether (sulfide) groups is 1. The van der Waals surface area contributed by atoms with Gasteiger partial charge in [-0.25, -0.2) is 0 Å². The lowest BCUT2D eigenvalue weighted by molar-refractivity contribution is -0.0865. The van der Waals surface area contributed by atoms with Gasteiger partial charge in [-0.1, -0.05) is 23.2 Å². The fraction of sp³-hybridized carbons (Fsp3) is 0.600. The van der Waals surface area contributed by atoms with Gasteiger partial charge in [-0.2, -0.15) is 11.8 Å². The predicted molar refractivity (Wildman–Crippen MR) is 96.0 cm³/mol. The summed E-state index contributed by atoms with van der Waals surface area (Å²) in [7, 11) is 0. The number of hydrogen-bond acceptors (Lipinski definition) is 3. The van der Waals surface area contributed by atoms with Crippen molar-refractivity contribution in [3.8, 4) is 0 Å². The first-order valence-electron chi connectivity index (χ1n) is 7.21. The van der Waals surface area contributed by atoms with Gasteiger partial charge < -0.3 is 10.1 Å². The minimum atomic E-state index is 0.0762. The van der Waals surface area contributed by atoms with E-state index in [9.17, 15) is 0 Å². The zero-order valence-corrected chi connectivity index (χ0v) is 15.5. The number of halogens is 3. The zero-order valence-electron chi connectivity index (χ0n) is 11.6. The minimum Gasteiger partial charge on any atom is -0.381 e. The number of hydrogen-bond donors (Lipinski definition) is 1. The Morgan fingerprint density at radius 1 is 1.24 bits per heavy atom.